The molecule has 24 heavy (non-hydrogen) atoms. The molecular formula is C19H26N4O. The summed E-state index contributed by atoms with van der Waals surface area (Å²) in [5.74, 6) is 4.49. The normalized spacial score (nSPS) is 21.8. The van der Waals surface area contributed by atoms with E-state index in [0.29, 0.717) is 11.8 Å². The third kappa shape index (κ3) is 3.61. The number of rotatable bonds is 6. The fraction of sp³-hybridized carbons (Fsp3) is 0.579. The van der Waals surface area contributed by atoms with Gasteiger partial charge in [0.2, 0.25) is 0 Å². The zero-order chi connectivity index (χ0) is 16.4. The number of aromatic nitrogens is 3. The van der Waals surface area contributed by atoms with Gasteiger partial charge in [-0.2, -0.15) is 0 Å². The molecule has 1 aromatic carbocycles. The smallest absolute Gasteiger partial charge is 0.146 e. The molecule has 4 rings (SSSR count). The zero-order valence-corrected chi connectivity index (χ0v) is 14.4. The van der Waals surface area contributed by atoms with Crippen molar-refractivity contribution in [2.75, 3.05) is 19.7 Å². The van der Waals surface area contributed by atoms with Gasteiger partial charge in [-0.25, -0.2) is 0 Å². The summed E-state index contributed by atoms with van der Waals surface area (Å²) >= 11 is 0. The number of para-hydroxylation sites is 1. The summed E-state index contributed by atoms with van der Waals surface area (Å²) < 4.78 is 8.16. The van der Waals surface area contributed by atoms with E-state index in [1.165, 1.54) is 31.5 Å². The van der Waals surface area contributed by atoms with Crippen molar-refractivity contribution in [2.45, 2.75) is 38.1 Å². The summed E-state index contributed by atoms with van der Waals surface area (Å²) in [4.78, 5) is 2.50. The van der Waals surface area contributed by atoms with Gasteiger partial charge in [0.15, 0.2) is 0 Å². The second-order valence-corrected chi connectivity index (χ2v) is 7.18. The van der Waals surface area contributed by atoms with Gasteiger partial charge >= 0.3 is 0 Å². The Labute approximate surface area is 143 Å². The minimum atomic E-state index is 0.593. The molecule has 1 aromatic heterocycles. The van der Waals surface area contributed by atoms with Gasteiger partial charge in [-0.05, 0) is 44.4 Å². The van der Waals surface area contributed by atoms with E-state index >= 15 is 0 Å². The van der Waals surface area contributed by atoms with E-state index < -0.39 is 0 Å². The van der Waals surface area contributed by atoms with E-state index in [2.05, 4.69) is 26.7 Å². The van der Waals surface area contributed by atoms with Gasteiger partial charge in [-0.15, -0.1) is 10.2 Å². The number of hydrogen-bond donors (Lipinski definition) is 0. The Hall–Kier alpha value is -1.88. The van der Waals surface area contributed by atoms with E-state index in [4.69, 9.17) is 4.74 Å². The van der Waals surface area contributed by atoms with Crippen molar-refractivity contribution in [3.05, 3.63) is 42.0 Å². The van der Waals surface area contributed by atoms with Gasteiger partial charge in [-0.1, -0.05) is 18.2 Å². The van der Waals surface area contributed by atoms with Crippen LogP contribution in [0.2, 0.25) is 0 Å². The highest BCUT2D eigenvalue weighted by Crippen LogP contribution is 2.38. The van der Waals surface area contributed by atoms with Crippen LogP contribution < -0.4 is 4.74 Å². The van der Waals surface area contributed by atoms with Crippen molar-refractivity contribution in [2.24, 2.45) is 13.0 Å². The summed E-state index contributed by atoms with van der Waals surface area (Å²) in [6.45, 7) is 3.93. The third-order valence-electron chi connectivity index (χ3n) is 5.14. The standard InChI is InChI=1S/C19H26N4O/c1-22-18(20-21-19(22)16-9-10-16)13-23-11-5-6-15(12-23)14-24-17-7-3-2-4-8-17/h2-4,7-8,15-16H,5-6,9-14H2,1H3. The molecule has 0 bridgehead atoms. The highest BCUT2D eigenvalue weighted by atomic mass is 16.5. The van der Waals surface area contributed by atoms with Crippen LogP contribution in [0.25, 0.3) is 0 Å². The maximum Gasteiger partial charge on any atom is 0.146 e. The largest absolute Gasteiger partial charge is 0.493 e. The first-order valence-corrected chi connectivity index (χ1v) is 9.08. The lowest BCUT2D eigenvalue weighted by Crippen LogP contribution is -2.37. The van der Waals surface area contributed by atoms with Crippen LogP contribution in [0.1, 0.15) is 43.3 Å². The summed E-state index contributed by atoms with van der Waals surface area (Å²) in [6.07, 6.45) is 5.02. The molecule has 2 aliphatic rings. The van der Waals surface area contributed by atoms with Crippen LogP contribution in [0.3, 0.4) is 0 Å². The van der Waals surface area contributed by atoms with Gasteiger partial charge in [0, 0.05) is 25.4 Å². The second kappa shape index (κ2) is 6.93. The fourth-order valence-electron chi connectivity index (χ4n) is 3.57. The van der Waals surface area contributed by atoms with Crippen LogP contribution in [-0.2, 0) is 13.6 Å². The number of hydrogen-bond acceptors (Lipinski definition) is 4. The van der Waals surface area contributed by atoms with Crippen LogP contribution in [0.4, 0.5) is 0 Å². The number of benzene rings is 1. The van der Waals surface area contributed by atoms with Gasteiger partial charge in [0.1, 0.15) is 17.4 Å². The molecule has 1 saturated heterocycles. The van der Waals surface area contributed by atoms with E-state index in [0.717, 1.165) is 37.8 Å². The maximum absolute atomic E-state index is 5.95. The van der Waals surface area contributed by atoms with E-state index in [1.807, 2.05) is 30.3 Å². The van der Waals surface area contributed by atoms with Crippen LogP contribution in [0.15, 0.2) is 30.3 Å². The van der Waals surface area contributed by atoms with Crippen LogP contribution >= 0.6 is 0 Å². The van der Waals surface area contributed by atoms with Gasteiger partial charge in [0.25, 0.3) is 0 Å². The molecule has 128 valence electrons. The summed E-state index contributed by atoms with van der Waals surface area (Å²) in [7, 11) is 2.11. The Morgan fingerprint density at radius 1 is 1.12 bits per heavy atom. The first-order chi connectivity index (χ1) is 11.8. The lowest BCUT2D eigenvalue weighted by molar-refractivity contribution is 0.122. The van der Waals surface area contributed by atoms with Crippen molar-refractivity contribution >= 4 is 0 Å². The Morgan fingerprint density at radius 3 is 2.75 bits per heavy atom. The molecule has 0 spiro atoms. The molecule has 1 aliphatic heterocycles. The lowest BCUT2D eigenvalue weighted by Gasteiger charge is -2.32. The SMILES string of the molecule is Cn1c(CN2CCCC(COc3ccccc3)C2)nnc1C1CC1. The first kappa shape index (κ1) is 15.6. The topological polar surface area (TPSA) is 43.2 Å². The Balaban J connectivity index is 1.31. The average molecular weight is 326 g/mol. The Morgan fingerprint density at radius 2 is 1.96 bits per heavy atom. The maximum atomic E-state index is 5.95. The monoisotopic (exact) mass is 326 g/mol. The predicted octanol–water partition coefficient (Wildman–Crippen LogP) is 2.98. The molecule has 1 unspecified atom stereocenters. The Bertz CT molecular complexity index is 665. The molecule has 0 N–H and O–H groups in total. The summed E-state index contributed by atoms with van der Waals surface area (Å²) in [6, 6.07) is 10.1. The molecule has 2 aromatic rings. The molecule has 5 nitrogen and oxygen atoms in total. The van der Waals surface area contributed by atoms with E-state index in [9.17, 15) is 0 Å². The van der Waals surface area contributed by atoms with E-state index in [-0.39, 0.29) is 0 Å². The molecule has 5 heteroatoms. The van der Waals surface area contributed by atoms with Crippen molar-refractivity contribution < 1.29 is 4.74 Å². The molecule has 0 amide bonds. The molecule has 1 saturated carbocycles. The lowest BCUT2D eigenvalue weighted by atomic mass is 9.99. The van der Waals surface area contributed by atoms with Crippen molar-refractivity contribution in [1.29, 1.82) is 0 Å². The quantitative estimate of drug-likeness (QED) is 0.818. The molecule has 0 radical (unpaired) electrons. The van der Waals surface area contributed by atoms with Crippen LogP contribution in [0.5, 0.6) is 5.75 Å². The average Bonchev–Trinajstić information content (AvgIpc) is 3.40. The fourth-order valence-corrected chi connectivity index (χ4v) is 3.57. The number of ether oxygens (including phenoxy) is 1. The zero-order valence-electron chi connectivity index (χ0n) is 14.4. The second-order valence-electron chi connectivity index (χ2n) is 7.18. The van der Waals surface area contributed by atoms with E-state index in [1.54, 1.807) is 0 Å². The molecular weight excluding hydrogens is 300 g/mol. The summed E-state index contributed by atoms with van der Waals surface area (Å²) in [5, 5.41) is 8.83. The van der Waals surface area contributed by atoms with Crippen molar-refractivity contribution in [3.8, 4) is 5.75 Å². The predicted molar refractivity (Wildman–Crippen MR) is 92.9 cm³/mol. The van der Waals surface area contributed by atoms with Crippen molar-refractivity contribution in [3.63, 3.8) is 0 Å². The summed E-state index contributed by atoms with van der Waals surface area (Å²) in [5.41, 5.74) is 0. The van der Waals surface area contributed by atoms with Crippen LogP contribution in [0, 0.1) is 5.92 Å². The number of nitrogens with zero attached hydrogens (tertiary/aromatic N) is 4. The minimum Gasteiger partial charge on any atom is -0.493 e. The number of likely N-dealkylation sites (tertiary alicyclic amines) is 1. The first-order valence-electron chi connectivity index (χ1n) is 9.08. The van der Waals surface area contributed by atoms with Gasteiger partial charge in [-0.3, -0.25) is 4.90 Å². The van der Waals surface area contributed by atoms with Crippen molar-refractivity contribution in [1.82, 2.24) is 19.7 Å². The molecule has 2 fully saturated rings. The highest BCUT2D eigenvalue weighted by molar-refractivity contribution is 5.20. The van der Waals surface area contributed by atoms with Crippen LogP contribution in [-0.4, -0.2) is 39.4 Å². The third-order valence-corrected chi connectivity index (χ3v) is 5.14. The molecule has 2 heterocycles. The minimum absolute atomic E-state index is 0.593. The Kier molecular flexibility index (Phi) is 4.52. The molecule has 1 aliphatic carbocycles. The van der Waals surface area contributed by atoms with Gasteiger partial charge in [0.05, 0.1) is 13.2 Å². The number of piperidine rings is 1. The highest BCUT2D eigenvalue weighted by Gasteiger charge is 2.30. The molecule has 1 atom stereocenters. The van der Waals surface area contributed by atoms with Gasteiger partial charge < -0.3 is 9.30 Å².